The number of carbonyl (C=O) groups is 3. The number of alkyl carbamates (subject to hydrolysis) is 1. The molecule has 8 heteroatoms. The van der Waals surface area contributed by atoms with Gasteiger partial charge in [-0.2, -0.15) is 0 Å². The molecule has 8 nitrogen and oxygen atoms in total. The summed E-state index contributed by atoms with van der Waals surface area (Å²) in [5.41, 5.74) is 4.45. The maximum absolute atomic E-state index is 12.8. The van der Waals surface area contributed by atoms with Crippen LogP contribution >= 0.6 is 0 Å². The van der Waals surface area contributed by atoms with Crippen molar-refractivity contribution in [1.29, 1.82) is 0 Å². The van der Waals surface area contributed by atoms with Crippen LogP contribution in [0.4, 0.5) is 4.79 Å². The third-order valence-corrected chi connectivity index (χ3v) is 6.30. The van der Waals surface area contributed by atoms with E-state index in [2.05, 4.69) is 22.8 Å². The minimum Gasteiger partial charge on any atom is -0.480 e. The summed E-state index contributed by atoms with van der Waals surface area (Å²) in [7, 11) is 0. The largest absolute Gasteiger partial charge is 0.480 e. The average molecular weight is 469 g/mol. The Bertz CT molecular complexity index is 1010. The Morgan fingerprint density at radius 3 is 1.91 bits per heavy atom. The molecule has 0 bridgehead atoms. The first-order valence-corrected chi connectivity index (χ1v) is 11.4. The predicted octanol–water partition coefficient (Wildman–Crippen LogP) is 3.14. The van der Waals surface area contributed by atoms with Gasteiger partial charge in [-0.25, -0.2) is 9.59 Å². The van der Waals surface area contributed by atoms with E-state index in [-0.39, 0.29) is 18.4 Å². The van der Waals surface area contributed by atoms with Gasteiger partial charge in [0.15, 0.2) is 6.04 Å². The van der Waals surface area contributed by atoms with Crippen LogP contribution in [0.15, 0.2) is 48.5 Å². The van der Waals surface area contributed by atoms with Crippen LogP contribution in [0, 0.1) is 11.8 Å². The number of fused-ring (bicyclic) bond motifs is 3. The Hall–Kier alpha value is -3.39. The van der Waals surface area contributed by atoms with Gasteiger partial charge in [0.2, 0.25) is 5.91 Å². The van der Waals surface area contributed by atoms with Crippen molar-refractivity contribution in [2.75, 3.05) is 6.61 Å². The van der Waals surface area contributed by atoms with Gasteiger partial charge in [-0.3, -0.25) is 4.79 Å². The maximum atomic E-state index is 12.8. The normalized spacial score (nSPS) is 16.1. The molecule has 2 amide bonds. The minimum absolute atomic E-state index is 0.0833. The summed E-state index contributed by atoms with van der Waals surface area (Å²) in [6, 6.07) is 14.0. The molecular formula is C26H32N2O6. The van der Waals surface area contributed by atoms with Crippen molar-refractivity contribution >= 4 is 18.0 Å². The van der Waals surface area contributed by atoms with E-state index < -0.39 is 42.1 Å². The first-order valence-electron chi connectivity index (χ1n) is 11.4. The van der Waals surface area contributed by atoms with E-state index in [1.807, 2.05) is 36.4 Å². The molecule has 182 valence electrons. The van der Waals surface area contributed by atoms with Crippen LogP contribution in [-0.2, 0) is 14.3 Å². The molecule has 0 spiro atoms. The Labute approximate surface area is 199 Å². The molecule has 1 aliphatic rings. The summed E-state index contributed by atoms with van der Waals surface area (Å²) in [6.07, 6.45) is -1.92. The van der Waals surface area contributed by atoms with Crippen LogP contribution < -0.4 is 10.6 Å². The summed E-state index contributed by atoms with van der Waals surface area (Å²) >= 11 is 0. The van der Waals surface area contributed by atoms with Crippen LogP contribution in [0.1, 0.15) is 44.7 Å². The number of nitrogens with one attached hydrogen (secondary N) is 2. The fourth-order valence-electron chi connectivity index (χ4n) is 4.66. The monoisotopic (exact) mass is 468 g/mol. The lowest BCUT2D eigenvalue weighted by Crippen LogP contribution is -2.54. The van der Waals surface area contributed by atoms with Crippen LogP contribution in [0.5, 0.6) is 0 Å². The van der Waals surface area contributed by atoms with Gasteiger partial charge in [0.05, 0.1) is 12.0 Å². The van der Waals surface area contributed by atoms with Crippen LogP contribution in [0.25, 0.3) is 11.1 Å². The highest BCUT2D eigenvalue weighted by molar-refractivity contribution is 5.86. The van der Waals surface area contributed by atoms with Gasteiger partial charge in [-0.1, -0.05) is 62.4 Å². The van der Waals surface area contributed by atoms with Crippen molar-refractivity contribution in [2.24, 2.45) is 11.8 Å². The highest BCUT2D eigenvalue weighted by Gasteiger charge is 2.34. The first-order chi connectivity index (χ1) is 16.1. The molecule has 0 aliphatic heterocycles. The molecule has 3 rings (SSSR count). The molecule has 0 fully saturated rings. The summed E-state index contributed by atoms with van der Waals surface area (Å²) in [5.74, 6) is -2.90. The lowest BCUT2D eigenvalue weighted by Gasteiger charge is -2.29. The number of rotatable bonds is 9. The zero-order valence-corrected chi connectivity index (χ0v) is 19.8. The highest BCUT2D eigenvalue weighted by atomic mass is 16.5. The lowest BCUT2D eigenvalue weighted by molar-refractivity contribution is -0.146. The van der Waals surface area contributed by atoms with E-state index in [1.165, 1.54) is 6.92 Å². The van der Waals surface area contributed by atoms with Crippen molar-refractivity contribution < 1.29 is 29.3 Å². The number of carbonyl (C=O) groups excluding carboxylic acids is 2. The molecule has 0 aromatic heterocycles. The fourth-order valence-corrected chi connectivity index (χ4v) is 4.66. The zero-order chi connectivity index (χ0) is 25.0. The smallest absolute Gasteiger partial charge is 0.407 e. The van der Waals surface area contributed by atoms with Gasteiger partial charge < -0.3 is 25.6 Å². The Kier molecular flexibility index (Phi) is 7.94. The van der Waals surface area contributed by atoms with Crippen molar-refractivity contribution in [1.82, 2.24) is 10.6 Å². The molecule has 0 heterocycles. The van der Waals surface area contributed by atoms with Crippen LogP contribution in [0.3, 0.4) is 0 Å². The summed E-state index contributed by atoms with van der Waals surface area (Å²) in [4.78, 5) is 36.8. The minimum atomic E-state index is -1.43. The Morgan fingerprint density at radius 1 is 0.912 bits per heavy atom. The number of carboxylic acids is 1. The second kappa shape index (κ2) is 10.7. The van der Waals surface area contributed by atoms with Gasteiger partial charge in [0, 0.05) is 12.0 Å². The molecular weight excluding hydrogens is 436 g/mol. The summed E-state index contributed by atoms with van der Waals surface area (Å²) < 4.78 is 5.56. The van der Waals surface area contributed by atoms with E-state index in [1.54, 1.807) is 20.8 Å². The molecule has 0 radical (unpaired) electrons. The van der Waals surface area contributed by atoms with Gasteiger partial charge in [-0.05, 0) is 42.0 Å². The molecule has 34 heavy (non-hydrogen) atoms. The molecule has 2 aromatic carbocycles. The molecule has 4 atom stereocenters. The number of carboxylic acid groups (broad SMARTS) is 1. The van der Waals surface area contributed by atoms with E-state index in [9.17, 15) is 24.6 Å². The number of hydrogen-bond acceptors (Lipinski definition) is 5. The average Bonchev–Trinajstić information content (AvgIpc) is 3.09. The molecule has 0 saturated carbocycles. The fraction of sp³-hybridized carbons (Fsp3) is 0.423. The van der Waals surface area contributed by atoms with Crippen LogP contribution in [0.2, 0.25) is 0 Å². The second-order valence-electron chi connectivity index (χ2n) is 9.09. The molecule has 1 aliphatic carbocycles. The van der Waals surface area contributed by atoms with Gasteiger partial charge in [0.25, 0.3) is 0 Å². The molecule has 4 unspecified atom stereocenters. The van der Waals surface area contributed by atoms with E-state index in [4.69, 9.17) is 4.74 Å². The topological polar surface area (TPSA) is 125 Å². The van der Waals surface area contributed by atoms with E-state index >= 15 is 0 Å². The van der Waals surface area contributed by atoms with Crippen molar-refractivity contribution in [2.45, 2.75) is 51.8 Å². The highest BCUT2D eigenvalue weighted by Crippen LogP contribution is 2.44. The number of ether oxygens (including phenoxy) is 1. The van der Waals surface area contributed by atoms with Gasteiger partial charge >= 0.3 is 12.1 Å². The molecule has 4 N–H and O–H groups in total. The lowest BCUT2D eigenvalue weighted by atomic mass is 9.88. The third-order valence-electron chi connectivity index (χ3n) is 6.30. The number of amides is 2. The third kappa shape index (κ3) is 5.39. The Morgan fingerprint density at radius 2 is 1.44 bits per heavy atom. The predicted molar refractivity (Wildman–Crippen MR) is 127 cm³/mol. The maximum Gasteiger partial charge on any atom is 0.407 e. The first kappa shape index (κ1) is 25.2. The van der Waals surface area contributed by atoms with Gasteiger partial charge in [0.1, 0.15) is 6.61 Å². The van der Waals surface area contributed by atoms with E-state index in [0.29, 0.717) is 0 Å². The SMILES string of the molecule is CC(C)C(C(=O)NC(C(=O)O)C(C)O)C(C)NC(=O)OCC1c2ccccc2-c2ccccc21. The number of benzene rings is 2. The number of aliphatic hydroxyl groups is 1. The summed E-state index contributed by atoms with van der Waals surface area (Å²) in [6.45, 7) is 6.72. The van der Waals surface area contributed by atoms with Crippen LogP contribution in [-0.4, -0.2) is 53.0 Å². The molecule has 2 aromatic rings. The number of aliphatic carboxylic acids is 1. The summed E-state index contributed by atoms with van der Waals surface area (Å²) in [5, 5.41) is 24.0. The van der Waals surface area contributed by atoms with Crippen molar-refractivity contribution in [3.63, 3.8) is 0 Å². The number of hydrogen-bond donors (Lipinski definition) is 4. The quantitative estimate of drug-likeness (QED) is 0.448. The van der Waals surface area contributed by atoms with Gasteiger partial charge in [-0.15, -0.1) is 0 Å². The second-order valence-corrected chi connectivity index (χ2v) is 9.09. The number of aliphatic hydroxyl groups excluding tert-OH is 1. The molecule has 0 saturated heterocycles. The van der Waals surface area contributed by atoms with Crippen molar-refractivity contribution in [3.8, 4) is 11.1 Å². The Balaban J connectivity index is 1.65. The zero-order valence-electron chi connectivity index (χ0n) is 19.8. The standard InChI is InChI=1S/C26H32N2O6/c1-14(2)22(24(30)28-23(16(4)29)25(31)32)15(3)27-26(33)34-13-21-19-11-7-5-9-17(19)18-10-6-8-12-20(18)21/h5-12,14-16,21-23,29H,13H2,1-4H3,(H,27,33)(H,28,30)(H,31,32). The van der Waals surface area contributed by atoms with Crippen molar-refractivity contribution in [3.05, 3.63) is 59.7 Å². The van der Waals surface area contributed by atoms with E-state index in [0.717, 1.165) is 22.3 Å².